The number of piperidine rings is 1. The number of rotatable bonds is 5. The van der Waals surface area contributed by atoms with Gasteiger partial charge in [-0.25, -0.2) is 0 Å². The van der Waals surface area contributed by atoms with E-state index in [1.165, 1.54) is 31.5 Å². The highest BCUT2D eigenvalue weighted by molar-refractivity contribution is 5.80. The first-order valence-electron chi connectivity index (χ1n) is 8.80. The number of benzene rings is 1. The van der Waals surface area contributed by atoms with E-state index in [0.29, 0.717) is 17.9 Å². The Kier molecular flexibility index (Phi) is 6.90. The predicted octanol–water partition coefficient (Wildman–Crippen LogP) is 2.69. The number of likely N-dealkylation sites (tertiary alicyclic amines) is 1. The Morgan fingerprint density at radius 3 is 2.70 bits per heavy atom. The number of hydrogen-bond acceptors (Lipinski definition) is 2. The molecule has 0 aromatic heterocycles. The summed E-state index contributed by atoms with van der Waals surface area (Å²) < 4.78 is 0. The molecule has 4 nitrogen and oxygen atoms in total. The largest absolute Gasteiger partial charge is 0.356 e. The lowest BCUT2D eigenvalue weighted by molar-refractivity contribution is 0.210. The lowest BCUT2D eigenvalue weighted by atomic mass is 9.94. The van der Waals surface area contributed by atoms with Crippen molar-refractivity contribution >= 4 is 5.96 Å². The molecule has 0 bridgehead atoms. The van der Waals surface area contributed by atoms with Crippen molar-refractivity contribution in [1.82, 2.24) is 15.5 Å². The van der Waals surface area contributed by atoms with Gasteiger partial charge in [0.1, 0.15) is 0 Å². The smallest absolute Gasteiger partial charge is 0.191 e. The summed E-state index contributed by atoms with van der Waals surface area (Å²) >= 11 is 0. The van der Waals surface area contributed by atoms with Crippen molar-refractivity contribution in [3.63, 3.8) is 0 Å². The summed E-state index contributed by atoms with van der Waals surface area (Å²) in [5.41, 5.74) is 1.36. The van der Waals surface area contributed by atoms with Crippen LogP contribution in [0.15, 0.2) is 35.3 Å². The zero-order valence-corrected chi connectivity index (χ0v) is 15.0. The topological polar surface area (TPSA) is 39.7 Å². The molecule has 128 valence electrons. The Morgan fingerprint density at radius 1 is 1.30 bits per heavy atom. The second-order valence-corrected chi connectivity index (χ2v) is 6.86. The van der Waals surface area contributed by atoms with Gasteiger partial charge in [-0.05, 0) is 44.8 Å². The Hall–Kier alpha value is -1.55. The second kappa shape index (κ2) is 8.92. The Morgan fingerprint density at radius 2 is 2.04 bits per heavy atom. The van der Waals surface area contributed by atoms with Crippen LogP contribution in [0.25, 0.3) is 0 Å². The molecule has 0 amide bonds. The van der Waals surface area contributed by atoms with Gasteiger partial charge in [-0.1, -0.05) is 37.3 Å². The van der Waals surface area contributed by atoms with Crippen molar-refractivity contribution in [3.8, 4) is 0 Å². The molecule has 1 heterocycles. The summed E-state index contributed by atoms with van der Waals surface area (Å²) in [6.07, 6.45) is 2.61. The maximum Gasteiger partial charge on any atom is 0.191 e. The van der Waals surface area contributed by atoms with E-state index in [1.54, 1.807) is 0 Å². The highest BCUT2D eigenvalue weighted by Crippen LogP contribution is 2.18. The van der Waals surface area contributed by atoms with Crippen LogP contribution >= 0.6 is 0 Å². The normalized spacial score (nSPS) is 22.4. The first kappa shape index (κ1) is 17.8. The molecule has 1 saturated heterocycles. The van der Waals surface area contributed by atoms with Gasteiger partial charge in [-0.2, -0.15) is 0 Å². The molecule has 1 aliphatic rings. The number of hydrogen-bond donors (Lipinski definition) is 2. The van der Waals surface area contributed by atoms with Crippen molar-refractivity contribution in [2.45, 2.75) is 38.6 Å². The number of nitrogens with zero attached hydrogens (tertiary/aromatic N) is 2. The highest BCUT2D eigenvalue weighted by Gasteiger charge is 2.19. The van der Waals surface area contributed by atoms with Gasteiger partial charge >= 0.3 is 0 Å². The van der Waals surface area contributed by atoms with E-state index < -0.39 is 0 Å². The molecule has 0 radical (unpaired) electrons. The van der Waals surface area contributed by atoms with E-state index in [1.807, 2.05) is 7.05 Å². The molecule has 1 aliphatic heterocycles. The van der Waals surface area contributed by atoms with Gasteiger partial charge in [0.2, 0.25) is 0 Å². The minimum absolute atomic E-state index is 0.331. The zero-order valence-electron chi connectivity index (χ0n) is 15.0. The number of nitrogens with one attached hydrogen (secondary N) is 2. The van der Waals surface area contributed by atoms with Crippen molar-refractivity contribution in [3.05, 3.63) is 35.9 Å². The van der Waals surface area contributed by atoms with Crippen molar-refractivity contribution in [2.24, 2.45) is 10.9 Å². The Balaban J connectivity index is 1.82. The predicted molar refractivity (Wildman–Crippen MR) is 99.0 cm³/mol. The molecule has 1 aromatic carbocycles. The molecule has 0 saturated carbocycles. The fraction of sp³-hybridized carbons (Fsp3) is 0.632. The second-order valence-electron chi connectivity index (χ2n) is 6.86. The third-order valence-corrected chi connectivity index (χ3v) is 4.94. The summed E-state index contributed by atoms with van der Waals surface area (Å²) in [4.78, 5) is 6.81. The molecule has 3 atom stereocenters. The van der Waals surface area contributed by atoms with Gasteiger partial charge in [0.15, 0.2) is 5.96 Å². The van der Waals surface area contributed by atoms with Gasteiger partial charge < -0.3 is 15.5 Å². The molecule has 1 fully saturated rings. The van der Waals surface area contributed by atoms with E-state index in [9.17, 15) is 0 Å². The van der Waals surface area contributed by atoms with Gasteiger partial charge in [0.05, 0.1) is 0 Å². The molecule has 0 spiro atoms. The fourth-order valence-electron chi connectivity index (χ4n) is 3.26. The molecule has 1 aromatic rings. The van der Waals surface area contributed by atoms with Crippen LogP contribution in [0.3, 0.4) is 0 Å². The van der Waals surface area contributed by atoms with E-state index in [2.05, 4.69) is 71.8 Å². The Bertz CT molecular complexity index is 485. The lowest BCUT2D eigenvalue weighted by Crippen LogP contribution is -2.47. The maximum atomic E-state index is 4.39. The summed E-state index contributed by atoms with van der Waals surface area (Å²) in [6, 6.07) is 11.0. The third kappa shape index (κ3) is 5.54. The van der Waals surface area contributed by atoms with E-state index >= 15 is 0 Å². The fourth-order valence-corrected chi connectivity index (χ4v) is 3.26. The summed E-state index contributed by atoms with van der Waals surface area (Å²) in [7, 11) is 4.06. The summed E-state index contributed by atoms with van der Waals surface area (Å²) in [5, 5.41) is 7.05. The molecule has 2 rings (SSSR count). The van der Waals surface area contributed by atoms with Crippen LogP contribution in [-0.2, 0) is 0 Å². The zero-order chi connectivity index (χ0) is 16.7. The minimum atomic E-state index is 0.331. The third-order valence-electron chi connectivity index (χ3n) is 4.94. The van der Waals surface area contributed by atoms with Gasteiger partial charge in [0.25, 0.3) is 0 Å². The SMILES string of the molecule is CN=C(NCC1CCCN(C)C1)NC(C)C(C)c1ccccc1. The maximum absolute atomic E-state index is 4.39. The van der Waals surface area contributed by atoms with Crippen molar-refractivity contribution in [1.29, 1.82) is 0 Å². The Labute approximate surface area is 141 Å². The van der Waals surface area contributed by atoms with Crippen LogP contribution in [0.4, 0.5) is 0 Å². The van der Waals surface area contributed by atoms with Crippen molar-refractivity contribution in [2.75, 3.05) is 33.7 Å². The van der Waals surface area contributed by atoms with Crippen LogP contribution < -0.4 is 10.6 Å². The minimum Gasteiger partial charge on any atom is -0.356 e. The first-order chi connectivity index (χ1) is 11.1. The van der Waals surface area contributed by atoms with Gasteiger partial charge in [-0.3, -0.25) is 4.99 Å². The van der Waals surface area contributed by atoms with Crippen LogP contribution in [0.1, 0.15) is 38.2 Å². The monoisotopic (exact) mass is 316 g/mol. The van der Waals surface area contributed by atoms with Crippen LogP contribution in [0.2, 0.25) is 0 Å². The van der Waals surface area contributed by atoms with Crippen LogP contribution in [0.5, 0.6) is 0 Å². The van der Waals surface area contributed by atoms with Gasteiger partial charge in [-0.15, -0.1) is 0 Å². The highest BCUT2D eigenvalue weighted by atomic mass is 15.2. The van der Waals surface area contributed by atoms with E-state index in [0.717, 1.165) is 12.5 Å². The molecule has 23 heavy (non-hydrogen) atoms. The standard InChI is InChI=1S/C19H32N4/c1-15(18-10-6-5-7-11-18)16(2)22-19(20-3)21-13-17-9-8-12-23(4)14-17/h5-7,10-11,15-17H,8-9,12-14H2,1-4H3,(H2,20,21,22). The summed E-state index contributed by atoms with van der Waals surface area (Å²) in [5.74, 6) is 2.07. The number of guanidine groups is 1. The molecule has 3 unspecified atom stereocenters. The van der Waals surface area contributed by atoms with Crippen molar-refractivity contribution < 1.29 is 0 Å². The molecular weight excluding hydrogens is 284 g/mol. The van der Waals surface area contributed by atoms with Crippen LogP contribution in [0, 0.1) is 5.92 Å². The molecule has 2 N–H and O–H groups in total. The first-order valence-corrected chi connectivity index (χ1v) is 8.80. The average molecular weight is 316 g/mol. The van der Waals surface area contributed by atoms with Crippen LogP contribution in [-0.4, -0.2) is 50.6 Å². The number of aliphatic imine (C=N–C) groups is 1. The summed E-state index contributed by atoms with van der Waals surface area (Å²) in [6.45, 7) is 7.89. The average Bonchev–Trinajstić information content (AvgIpc) is 2.58. The quantitative estimate of drug-likeness (QED) is 0.648. The van der Waals surface area contributed by atoms with Gasteiger partial charge in [0, 0.05) is 32.1 Å². The van der Waals surface area contributed by atoms with E-state index in [4.69, 9.17) is 0 Å². The molecule has 0 aliphatic carbocycles. The molecule has 4 heteroatoms. The molecular formula is C19H32N4. The van der Waals surface area contributed by atoms with E-state index in [-0.39, 0.29) is 0 Å². The lowest BCUT2D eigenvalue weighted by Gasteiger charge is -2.30.